The second-order valence-corrected chi connectivity index (χ2v) is 3.04. The lowest BCUT2D eigenvalue weighted by molar-refractivity contribution is 0.615. The van der Waals surface area contributed by atoms with Gasteiger partial charge in [0, 0.05) is 11.5 Å². The van der Waals surface area contributed by atoms with E-state index in [4.69, 9.17) is 4.42 Å². The summed E-state index contributed by atoms with van der Waals surface area (Å²) in [6, 6.07) is 15.4. The fraction of sp³-hybridized carbons (Fsp3) is 0. The predicted molar refractivity (Wildman–Crippen MR) is 52.6 cm³/mol. The molecule has 0 bridgehead atoms. The second kappa shape index (κ2) is 2.36. The van der Waals surface area contributed by atoms with Crippen LogP contribution in [0.5, 0.6) is 0 Å². The van der Waals surface area contributed by atoms with Crippen LogP contribution in [0.3, 0.4) is 0 Å². The van der Waals surface area contributed by atoms with Crippen molar-refractivity contribution in [2.45, 2.75) is 0 Å². The van der Waals surface area contributed by atoms with Gasteiger partial charge in [-0.15, -0.1) is 0 Å². The van der Waals surface area contributed by atoms with Gasteiger partial charge in [0.15, 0.2) is 0 Å². The maximum absolute atomic E-state index is 5.27. The van der Waals surface area contributed by atoms with Gasteiger partial charge in [-0.2, -0.15) is 0 Å². The molecule has 3 aromatic rings. The van der Waals surface area contributed by atoms with Crippen molar-refractivity contribution in [2.24, 2.45) is 0 Å². The summed E-state index contributed by atoms with van der Waals surface area (Å²) in [5, 5.41) is 3.50. The van der Waals surface area contributed by atoms with Crippen LogP contribution in [-0.4, -0.2) is 0 Å². The minimum Gasteiger partial charge on any atom is -0.464 e. The van der Waals surface area contributed by atoms with E-state index < -0.39 is 0 Å². The van der Waals surface area contributed by atoms with Crippen molar-refractivity contribution in [3.63, 3.8) is 0 Å². The molecule has 2 aromatic carbocycles. The predicted octanol–water partition coefficient (Wildman–Crippen LogP) is 3.39. The molecule has 0 unspecified atom stereocenters. The van der Waals surface area contributed by atoms with Crippen molar-refractivity contribution < 1.29 is 4.42 Å². The lowest BCUT2D eigenvalue weighted by atomic mass is 10.1. The largest absolute Gasteiger partial charge is 0.464 e. The zero-order valence-electron chi connectivity index (χ0n) is 6.95. The van der Waals surface area contributed by atoms with E-state index >= 15 is 0 Å². The Morgan fingerprint density at radius 2 is 1.92 bits per heavy atom. The van der Waals surface area contributed by atoms with Crippen LogP contribution in [0.15, 0.2) is 47.1 Å². The number of hydrogen-bond acceptors (Lipinski definition) is 1. The van der Waals surface area contributed by atoms with Gasteiger partial charge in [-0.1, -0.05) is 30.3 Å². The highest BCUT2D eigenvalue weighted by Crippen LogP contribution is 2.24. The van der Waals surface area contributed by atoms with Gasteiger partial charge in [0.2, 0.25) is 0 Å². The average molecular weight is 167 g/mol. The lowest BCUT2D eigenvalue weighted by Gasteiger charge is -1.96. The van der Waals surface area contributed by atoms with E-state index in [1.54, 1.807) is 6.26 Å². The monoisotopic (exact) mass is 167 g/mol. The number of benzene rings is 2. The molecule has 1 aromatic heterocycles. The summed E-state index contributed by atoms with van der Waals surface area (Å²) in [7, 11) is 0. The Morgan fingerprint density at radius 3 is 2.92 bits per heavy atom. The van der Waals surface area contributed by atoms with Crippen LogP contribution in [0.1, 0.15) is 0 Å². The Morgan fingerprint density at radius 1 is 1.00 bits per heavy atom. The fourth-order valence-corrected chi connectivity index (χ4v) is 1.65. The Labute approximate surface area is 75.6 Å². The number of rotatable bonds is 0. The molecule has 0 aliphatic rings. The molecular weight excluding hydrogens is 160 g/mol. The molecule has 1 heterocycles. The van der Waals surface area contributed by atoms with E-state index in [0.717, 1.165) is 11.0 Å². The first kappa shape index (κ1) is 6.72. The van der Waals surface area contributed by atoms with Crippen molar-refractivity contribution in [3.8, 4) is 0 Å². The summed E-state index contributed by atoms with van der Waals surface area (Å²) >= 11 is 0. The highest BCUT2D eigenvalue weighted by molar-refractivity contribution is 6.05. The Hall–Kier alpha value is -1.76. The third-order valence-corrected chi connectivity index (χ3v) is 2.28. The summed E-state index contributed by atoms with van der Waals surface area (Å²) in [6.07, 6.45) is 1.61. The van der Waals surface area contributed by atoms with Gasteiger partial charge in [-0.25, -0.2) is 0 Å². The topological polar surface area (TPSA) is 13.1 Å². The molecule has 0 fully saturated rings. The number of hydrogen-bond donors (Lipinski definition) is 0. The molecule has 1 nitrogen and oxygen atoms in total. The number of furan rings is 1. The molecule has 0 amide bonds. The second-order valence-electron chi connectivity index (χ2n) is 3.04. The van der Waals surface area contributed by atoms with Crippen LogP contribution < -0.4 is 0 Å². The molecule has 1 radical (unpaired) electrons. The third-order valence-electron chi connectivity index (χ3n) is 2.28. The van der Waals surface area contributed by atoms with Crippen LogP contribution in [0.2, 0.25) is 0 Å². The molecule has 0 saturated carbocycles. The van der Waals surface area contributed by atoms with Crippen molar-refractivity contribution in [3.05, 3.63) is 48.7 Å². The van der Waals surface area contributed by atoms with Crippen LogP contribution in [-0.2, 0) is 0 Å². The quantitative estimate of drug-likeness (QED) is 0.500. The van der Waals surface area contributed by atoms with Gasteiger partial charge in [0.1, 0.15) is 5.58 Å². The fourth-order valence-electron chi connectivity index (χ4n) is 1.65. The van der Waals surface area contributed by atoms with Crippen molar-refractivity contribution >= 4 is 21.7 Å². The maximum atomic E-state index is 5.27. The van der Waals surface area contributed by atoms with Crippen LogP contribution in [0.4, 0.5) is 0 Å². The van der Waals surface area contributed by atoms with E-state index in [1.165, 1.54) is 10.8 Å². The normalized spacial score (nSPS) is 11.1. The lowest BCUT2D eigenvalue weighted by Crippen LogP contribution is -1.71. The molecule has 0 spiro atoms. The molecule has 0 N–H and O–H groups in total. The Bertz CT molecular complexity index is 563. The first-order chi connectivity index (χ1) is 6.45. The molecule has 0 aliphatic heterocycles. The summed E-state index contributed by atoms with van der Waals surface area (Å²) < 4.78 is 5.27. The van der Waals surface area contributed by atoms with Gasteiger partial charge in [-0.3, -0.25) is 0 Å². The van der Waals surface area contributed by atoms with Gasteiger partial charge < -0.3 is 4.42 Å². The first-order valence-electron chi connectivity index (χ1n) is 4.22. The highest BCUT2D eigenvalue weighted by atomic mass is 16.3. The van der Waals surface area contributed by atoms with Gasteiger partial charge in [0.05, 0.1) is 6.26 Å². The Balaban J connectivity index is 2.65. The molecule has 3 rings (SSSR count). The average Bonchev–Trinajstić information content (AvgIpc) is 2.65. The van der Waals surface area contributed by atoms with Crippen LogP contribution in [0.25, 0.3) is 21.7 Å². The third kappa shape index (κ3) is 0.872. The van der Waals surface area contributed by atoms with E-state index in [-0.39, 0.29) is 0 Å². The van der Waals surface area contributed by atoms with Gasteiger partial charge in [0.25, 0.3) is 0 Å². The van der Waals surface area contributed by atoms with Crippen molar-refractivity contribution in [1.29, 1.82) is 0 Å². The van der Waals surface area contributed by atoms with Crippen LogP contribution >= 0.6 is 0 Å². The van der Waals surface area contributed by atoms with Gasteiger partial charge >= 0.3 is 0 Å². The smallest absolute Gasteiger partial charge is 0.135 e. The number of fused-ring (bicyclic) bond motifs is 3. The van der Waals surface area contributed by atoms with Crippen molar-refractivity contribution in [1.82, 2.24) is 0 Å². The minimum atomic E-state index is 0.902. The van der Waals surface area contributed by atoms with Crippen LogP contribution in [0, 0.1) is 6.07 Å². The Kier molecular flexibility index (Phi) is 1.22. The van der Waals surface area contributed by atoms with Gasteiger partial charge in [-0.05, 0) is 16.8 Å². The van der Waals surface area contributed by atoms with E-state index in [1.807, 2.05) is 18.2 Å². The molecule has 13 heavy (non-hydrogen) atoms. The highest BCUT2D eigenvalue weighted by Gasteiger charge is 2.00. The van der Waals surface area contributed by atoms with E-state index in [2.05, 4.69) is 24.3 Å². The van der Waals surface area contributed by atoms with Crippen molar-refractivity contribution in [2.75, 3.05) is 0 Å². The molecular formula is C12H7O. The molecule has 0 aliphatic carbocycles. The summed E-state index contributed by atoms with van der Waals surface area (Å²) in [4.78, 5) is 0. The van der Waals surface area contributed by atoms with E-state index in [9.17, 15) is 0 Å². The summed E-state index contributed by atoms with van der Waals surface area (Å²) in [6.45, 7) is 0. The maximum Gasteiger partial charge on any atom is 0.135 e. The summed E-state index contributed by atoms with van der Waals surface area (Å²) in [5.74, 6) is 0. The molecule has 0 atom stereocenters. The molecule has 0 saturated heterocycles. The SMILES string of the molecule is [c]1coc2ccc3ccccc3c12. The summed E-state index contributed by atoms with van der Waals surface area (Å²) in [5.41, 5.74) is 0.902. The zero-order chi connectivity index (χ0) is 8.67. The molecule has 1 heteroatoms. The molecule has 61 valence electrons. The zero-order valence-corrected chi connectivity index (χ0v) is 6.95. The first-order valence-corrected chi connectivity index (χ1v) is 4.22. The van der Waals surface area contributed by atoms with E-state index in [0.29, 0.717) is 0 Å². The minimum absolute atomic E-state index is 0.902. The standard InChI is InChI=1S/C12H7O/c1-2-4-10-9(3-1)5-6-12-11(10)7-8-13-12/h1-6,8H.